The van der Waals surface area contributed by atoms with Crippen LogP contribution in [0.3, 0.4) is 0 Å². The Hall–Kier alpha value is -1.71. The van der Waals surface area contributed by atoms with Crippen LogP contribution in [0.25, 0.3) is 0 Å². The molecule has 0 saturated carbocycles. The fourth-order valence-corrected chi connectivity index (χ4v) is 3.30. The maximum atomic E-state index is 11.1. The van der Waals surface area contributed by atoms with E-state index in [4.69, 9.17) is 33.5 Å². The molecule has 1 aliphatic heterocycles. The molecule has 0 aromatic heterocycles. The summed E-state index contributed by atoms with van der Waals surface area (Å²) in [5, 5.41) is 9.07. The Bertz CT molecular complexity index is 605. The Kier molecular flexibility index (Phi) is 9.83. The van der Waals surface area contributed by atoms with Crippen molar-refractivity contribution < 1.29 is 38.3 Å². The van der Waals surface area contributed by atoms with E-state index in [0.29, 0.717) is 38.8 Å². The zero-order valence-corrected chi connectivity index (χ0v) is 17.5. The lowest BCUT2D eigenvalue weighted by Crippen LogP contribution is -2.62. The summed E-state index contributed by atoms with van der Waals surface area (Å²) < 4.78 is 35.7. The van der Waals surface area contributed by atoms with Crippen LogP contribution in [0.2, 0.25) is 0 Å². The van der Waals surface area contributed by atoms with Gasteiger partial charge in [0.2, 0.25) is 6.29 Å². The molecule has 0 spiro atoms. The lowest BCUT2D eigenvalue weighted by Gasteiger charge is -2.45. The highest BCUT2D eigenvalue weighted by atomic mass is 16.7. The number of carboxylic acid groups (broad SMARTS) is 1. The molecular weight excluding hydrogens is 380 g/mol. The van der Waals surface area contributed by atoms with E-state index in [1.54, 1.807) is 12.1 Å². The largest absolute Gasteiger partial charge is 0.478 e. The van der Waals surface area contributed by atoms with Gasteiger partial charge in [-0.05, 0) is 52.0 Å². The van der Waals surface area contributed by atoms with Crippen LogP contribution in [0.1, 0.15) is 38.1 Å². The van der Waals surface area contributed by atoms with Gasteiger partial charge in [0.1, 0.15) is 30.2 Å². The molecule has 2 rings (SSSR count). The zero-order chi connectivity index (χ0) is 21.2. The van der Waals surface area contributed by atoms with Gasteiger partial charge in [-0.1, -0.05) is 0 Å². The lowest BCUT2D eigenvalue weighted by molar-refractivity contribution is -0.302. The summed E-state index contributed by atoms with van der Waals surface area (Å²) in [4.78, 5) is 11.1. The molecule has 1 saturated heterocycles. The van der Waals surface area contributed by atoms with Gasteiger partial charge < -0.3 is 33.5 Å². The van der Waals surface area contributed by atoms with E-state index in [-0.39, 0.29) is 11.7 Å². The lowest BCUT2D eigenvalue weighted by atomic mass is 9.98. The van der Waals surface area contributed by atoms with Crippen LogP contribution in [0.5, 0.6) is 5.75 Å². The molecule has 0 aliphatic carbocycles. The second-order valence-corrected chi connectivity index (χ2v) is 6.41. The molecule has 0 bridgehead atoms. The molecule has 1 aliphatic rings. The molecule has 1 aromatic carbocycles. The van der Waals surface area contributed by atoms with Gasteiger partial charge >= 0.3 is 5.97 Å². The number of hydrogen-bond donors (Lipinski definition) is 1. The molecule has 8 heteroatoms. The molecule has 5 unspecified atom stereocenters. The van der Waals surface area contributed by atoms with Crippen LogP contribution >= 0.6 is 0 Å². The number of ether oxygens (including phenoxy) is 6. The van der Waals surface area contributed by atoms with Crippen molar-refractivity contribution >= 4 is 5.97 Å². The van der Waals surface area contributed by atoms with Gasteiger partial charge in [0.25, 0.3) is 0 Å². The molecule has 0 amide bonds. The van der Waals surface area contributed by atoms with Crippen molar-refractivity contribution in [2.45, 2.75) is 58.4 Å². The fourth-order valence-electron chi connectivity index (χ4n) is 3.30. The highest BCUT2D eigenvalue weighted by molar-refractivity contribution is 5.87. The SMILES string of the molecule is CCOCC1OC(Oc2ccc(C(=O)O)cc2)C(OCC)C(OCC)C1OCC. The molecule has 164 valence electrons. The molecule has 1 N–H and O–H groups in total. The molecule has 0 radical (unpaired) electrons. The Morgan fingerprint density at radius 1 is 0.897 bits per heavy atom. The van der Waals surface area contributed by atoms with Crippen LogP contribution in [0, 0.1) is 0 Å². The van der Waals surface area contributed by atoms with Crippen LogP contribution in [-0.2, 0) is 23.7 Å². The van der Waals surface area contributed by atoms with E-state index in [9.17, 15) is 4.79 Å². The van der Waals surface area contributed by atoms with Crippen molar-refractivity contribution in [2.24, 2.45) is 0 Å². The number of aromatic carboxylic acids is 1. The average molecular weight is 412 g/mol. The third kappa shape index (κ3) is 6.38. The number of hydrogen-bond acceptors (Lipinski definition) is 7. The third-order valence-corrected chi connectivity index (χ3v) is 4.51. The average Bonchev–Trinajstić information content (AvgIpc) is 2.71. The number of rotatable bonds is 12. The van der Waals surface area contributed by atoms with Crippen molar-refractivity contribution in [3.05, 3.63) is 29.8 Å². The summed E-state index contributed by atoms with van der Waals surface area (Å²) >= 11 is 0. The minimum absolute atomic E-state index is 0.182. The Labute approximate surface area is 172 Å². The van der Waals surface area contributed by atoms with E-state index in [0.717, 1.165) is 0 Å². The highest BCUT2D eigenvalue weighted by Crippen LogP contribution is 2.30. The molecular formula is C21H32O8. The topological polar surface area (TPSA) is 92.7 Å². The second-order valence-electron chi connectivity index (χ2n) is 6.41. The Morgan fingerprint density at radius 3 is 2.03 bits per heavy atom. The molecule has 29 heavy (non-hydrogen) atoms. The van der Waals surface area contributed by atoms with Crippen LogP contribution in [0.15, 0.2) is 24.3 Å². The maximum Gasteiger partial charge on any atom is 0.335 e. The normalized spacial score (nSPS) is 27.0. The summed E-state index contributed by atoms with van der Waals surface area (Å²) in [6.45, 7) is 9.97. The zero-order valence-electron chi connectivity index (χ0n) is 17.5. The minimum Gasteiger partial charge on any atom is -0.478 e. The smallest absolute Gasteiger partial charge is 0.335 e. The highest BCUT2D eigenvalue weighted by Gasteiger charge is 2.49. The van der Waals surface area contributed by atoms with Crippen LogP contribution < -0.4 is 4.74 Å². The first-order valence-corrected chi connectivity index (χ1v) is 10.1. The standard InChI is InChI=1S/C21H32O8/c1-5-24-13-16-17(25-6-2)18(26-7-3)19(27-8-4)21(29-16)28-15-11-9-14(10-12-15)20(22)23/h9-12,16-19,21H,5-8,13H2,1-4H3,(H,22,23). The van der Waals surface area contributed by atoms with Gasteiger partial charge in [-0.15, -0.1) is 0 Å². The third-order valence-electron chi connectivity index (χ3n) is 4.51. The van der Waals surface area contributed by atoms with Gasteiger partial charge in [0.05, 0.1) is 12.2 Å². The van der Waals surface area contributed by atoms with Crippen molar-refractivity contribution in [1.82, 2.24) is 0 Å². The molecule has 5 atom stereocenters. The summed E-state index contributed by atoms with van der Waals surface area (Å²) in [6, 6.07) is 6.16. The number of carbonyl (C=O) groups is 1. The van der Waals surface area contributed by atoms with E-state index >= 15 is 0 Å². The van der Waals surface area contributed by atoms with Crippen molar-refractivity contribution in [3.8, 4) is 5.75 Å². The molecule has 1 aromatic rings. The maximum absolute atomic E-state index is 11.1. The Balaban J connectivity index is 2.27. The van der Waals surface area contributed by atoms with Crippen molar-refractivity contribution in [2.75, 3.05) is 33.0 Å². The van der Waals surface area contributed by atoms with Crippen LogP contribution in [-0.4, -0.2) is 74.8 Å². The van der Waals surface area contributed by atoms with Crippen molar-refractivity contribution in [1.29, 1.82) is 0 Å². The van der Waals surface area contributed by atoms with E-state index in [1.807, 2.05) is 27.7 Å². The molecule has 1 fully saturated rings. The van der Waals surface area contributed by atoms with Gasteiger partial charge in [-0.25, -0.2) is 4.79 Å². The summed E-state index contributed by atoms with van der Waals surface area (Å²) in [5.74, 6) is -0.518. The van der Waals surface area contributed by atoms with E-state index in [1.165, 1.54) is 12.1 Å². The van der Waals surface area contributed by atoms with Gasteiger partial charge in [-0.3, -0.25) is 0 Å². The predicted molar refractivity (Wildman–Crippen MR) is 105 cm³/mol. The fraction of sp³-hybridized carbons (Fsp3) is 0.667. The van der Waals surface area contributed by atoms with Gasteiger partial charge in [-0.2, -0.15) is 0 Å². The summed E-state index contributed by atoms with van der Waals surface area (Å²) in [5.41, 5.74) is 0.182. The first-order chi connectivity index (χ1) is 14.0. The first kappa shape index (κ1) is 23.6. The molecule has 1 heterocycles. The summed E-state index contributed by atoms with van der Waals surface area (Å²) in [7, 11) is 0. The second kappa shape index (κ2) is 12.1. The van der Waals surface area contributed by atoms with E-state index < -0.39 is 30.6 Å². The summed E-state index contributed by atoms with van der Waals surface area (Å²) in [6.07, 6.45) is -2.44. The molecule has 8 nitrogen and oxygen atoms in total. The van der Waals surface area contributed by atoms with Gasteiger partial charge in [0.15, 0.2) is 0 Å². The number of benzene rings is 1. The van der Waals surface area contributed by atoms with E-state index in [2.05, 4.69) is 0 Å². The van der Waals surface area contributed by atoms with Gasteiger partial charge in [0, 0.05) is 26.4 Å². The van der Waals surface area contributed by atoms with Crippen LogP contribution in [0.4, 0.5) is 0 Å². The minimum atomic E-state index is -0.995. The predicted octanol–water partition coefficient (Wildman–Crippen LogP) is 2.74. The van der Waals surface area contributed by atoms with Crippen molar-refractivity contribution in [3.63, 3.8) is 0 Å². The first-order valence-electron chi connectivity index (χ1n) is 10.1. The Morgan fingerprint density at radius 2 is 1.48 bits per heavy atom. The monoisotopic (exact) mass is 412 g/mol. The quantitative estimate of drug-likeness (QED) is 0.560. The number of carboxylic acids is 1.